The van der Waals surface area contributed by atoms with E-state index in [0.29, 0.717) is 12.5 Å². The van der Waals surface area contributed by atoms with E-state index in [1.807, 2.05) is 17.0 Å². The van der Waals surface area contributed by atoms with E-state index in [9.17, 15) is 4.79 Å². The highest BCUT2D eigenvalue weighted by atomic mass is 16.5. The predicted octanol–water partition coefficient (Wildman–Crippen LogP) is 2.44. The molecule has 5 heteroatoms. The summed E-state index contributed by atoms with van der Waals surface area (Å²) in [5.41, 5.74) is 7.56. The van der Waals surface area contributed by atoms with Crippen LogP contribution in [0.15, 0.2) is 24.3 Å². The number of nitrogens with zero attached hydrogens (tertiary/aromatic N) is 1. The minimum atomic E-state index is -0.0291. The Labute approximate surface area is 149 Å². The Morgan fingerprint density at radius 2 is 1.88 bits per heavy atom. The molecule has 0 aromatic heterocycles. The highest BCUT2D eigenvalue weighted by Crippen LogP contribution is 2.38. The number of para-hydroxylation sites is 1. The molecule has 1 saturated heterocycles. The van der Waals surface area contributed by atoms with Crippen molar-refractivity contribution in [3.8, 4) is 5.75 Å². The summed E-state index contributed by atoms with van der Waals surface area (Å²) < 4.78 is 12.2. The Morgan fingerprint density at radius 1 is 1.08 bits per heavy atom. The number of piperidine rings is 1. The van der Waals surface area contributed by atoms with Gasteiger partial charge in [0.2, 0.25) is 0 Å². The summed E-state index contributed by atoms with van der Waals surface area (Å²) in [5, 5.41) is 0. The van der Waals surface area contributed by atoms with Gasteiger partial charge < -0.3 is 20.1 Å². The molecule has 136 valence electrons. The highest BCUT2D eigenvalue weighted by Gasteiger charge is 2.34. The molecule has 25 heavy (non-hydrogen) atoms. The number of amides is 1. The first-order valence-corrected chi connectivity index (χ1v) is 9.61. The zero-order valence-electron chi connectivity index (χ0n) is 14.7. The molecule has 1 aromatic rings. The number of hydrogen-bond acceptors (Lipinski definition) is 4. The molecular formula is C20H28N2O3. The number of benzene rings is 1. The molecule has 1 aliphatic carbocycles. The van der Waals surface area contributed by atoms with Crippen molar-refractivity contribution in [2.24, 2.45) is 5.73 Å². The molecule has 0 radical (unpaired) electrons. The summed E-state index contributed by atoms with van der Waals surface area (Å²) in [6.07, 6.45) is 6.54. The van der Waals surface area contributed by atoms with Crippen molar-refractivity contribution >= 4 is 5.91 Å². The monoisotopic (exact) mass is 344 g/mol. The van der Waals surface area contributed by atoms with Gasteiger partial charge in [0.25, 0.3) is 5.91 Å². The van der Waals surface area contributed by atoms with Crippen molar-refractivity contribution in [1.29, 1.82) is 0 Å². The Bertz CT molecular complexity index is 613. The number of rotatable bonds is 0. The van der Waals surface area contributed by atoms with Crippen LogP contribution in [0.2, 0.25) is 0 Å². The normalized spacial score (nSPS) is 33.3. The van der Waals surface area contributed by atoms with Crippen molar-refractivity contribution in [3.05, 3.63) is 29.8 Å². The molecule has 1 amide bonds. The van der Waals surface area contributed by atoms with E-state index in [-0.39, 0.29) is 30.7 Å². The van der Waals surface area contributed by atoms with Crippen LogP contribution in [0.25, 0.3) is 0 Å². The molecule has 0 spiro atoms. The van der Waals surface area contributed by atoms with Crippen LogP contribution < -0.4 is 10.5 Å². The highest BCUT2D eigenvalue weighted by molar-refractivity contribution is 5.78. The molecule has 3 heterocycles. The van der Waals surface area contributed by atoms with Gasteiger partial charge in [-0.2, -0.15) is 0 Å². The third-order valence-electron chi connectivity index (χ3n) is 6.04. The maximum atomic E-state index is 12.8. The molecule has 5 rings (SSSR count). The van der Waals surface area contributed by atoms with E-state index in [1.165, 1.54) is 5.56 Å². The van der Waals surface area contributed by atoms with Crippen LogP contribution in [0, 0.1) is 0 Å². The van der Waals surface area contributed by atoms with E-state index in [0.717, 1.165) is 50.8 Å². The van der Waals surface area contributed by atoms with Crippen molar-refractivity contribution in [2.45, 2.75) is 62.6 Å². The number of hydrogen-bond donors (Lipinski definition) is 1. The van der Waals surface area contributed by atoms with E-state index >= 15 is 0 Å². The lowest BCUT2D eigenvalue weighted by Gasteiger charge is -2.40. The van der Waals surface area contributed by atoms with Crippen LogP contribution in [0.4, 0.5) is 0 Å². The summed E-state index contributed by atoms with van der Waals surface area (Å²) in [4.78, 5) is 14.7. The van der Waals surface area contributed by atoms with Gasteiger partial charge in [0, 0.05) is 12.6 Å². The summed E-state index contributed by atoms with van der Waals surface area (Å²) in [5.74, 6) is 1.37. The lowest BCUT2D eigenvalue weighted by molar-refractivity contribution is -0.140. The summed E-state index contributed by atoms with van der Waals surface area (Å²) in [7, 11) is 0. The minimum Gasteiger partial charge on any atom is -0.483 e. The second kappa shape index (κ2) is 7.34. The molecule has 2 atom stereocenters. The van der Waals surface area contributed by atoms with Crippen LogP contribution in [0.3, 0.4) is 0 Å². The Kier molecular flexibility index (Phi) is 4.95. The summed E-state index contributed by atoms with van der Waals surface area (Å²) in [6, 6.07) is 8.14. The number of carbonyl (C=O) groups is 1. The van der Waals surface area contributed by atoms with Crippen LogP contribution in [-0.2, 0) is 9.53 Å². The zero-order valence-corrected chi connectivity index (χ0v) is 14.7. The number of fused-ring (bicyclic) bond motifs is 5. The molecule has 0 unspecified atom stereocenters. The molecule has 5 nitrogen and oxygen atoms in total. The Hall–Kier alpha value is -1.59. The van der Waals surface area contributed by atoms with Crippen molar-refractivity contribution < 1.29 is 14.3 Å². The van der Waals surface area contributed by atoms with Crippen LogP contribution >= 0.6 is 0 Å². The molecule has 3 aliphatic heterocycles. The summed E-state index contributed by atoms with van der Waals surface area (Å²) >= 11 is 0. The van der Waals surface area contributed by atoms with E-state index < -0.39 is 0 Å². The average molecular weight is 344 g/mol. The quantitative estimate of drug-likeness (QED) is 0.785. The molecule has 2 bridgehead atoms. The third-order valence-corrected chi connectivity index (χ3v) is 6.04. The first-order valence-electron chi connectivity index (χ1n) is 9.61. The van der Waals surface area contributed by atoms with Crippen LogP contribution in [0.1, 0.15) is 50.0 Å². The maximum absolute atomic E-state index is 12.8. The number of nitrogens with two attached hydrogens (primary N) is 1. The van der Waals surface area contributed by atoms with Gasteiger partial charge in [0.1, 0.15) is 5.75 Å². The second-order valence-corrected chi connectivity index (χ2v) is 7.59. The van der Waals surface area contributed by atoms with Crippen LogP contribution in [0.5, 0.6) is 5.75 Å². The van der Waals surface area contributed by atoms with Gasteiger partial charge in [0.05, 0.1) is 18.8 Å². The third kappa shape index (κ3) is 3.53. The van der Waals surface area contributed by atoms with Gasteiger partial charge in [-0.25, -0.2) is 0 Å². The van der Waals surface area contributed by atoms with Crippen LogP contribution in [-0.4, -0.2) is 48.8 Å². The lowest BCUT2D eigenvalue weighted by Crippen LogP contribution is -2.57. The van der Waals surface area contributed by atoms with Crippen molar-refractivity contribution in [1.82, 2.24) is 4.90 Å². The van der Waals surface area contributed by atoms with Gasteiger partial charge in [-0.1, -0.05) is 18.2 Å². The molecule has 1 aromatic carbocycles. The fourth-order valence-corrected chi connectivity index (χ4v) is 4.56. The van der Waals surface area contributed by atoms with E-state index in [1.54, 1.807) is 0 Å². The van der Waals surface area contributed by atoms with Gasteiger partial charge in [-0.15, -0.1) is 0 Å². The lowest BCUT2D eigenvalue weighted by atomic mass is 9.82. The van der Waals surface area contributed by atoms with Crippen molar-refractivity contribution in [3.63, 3.8) is 0 Å². The van der Waals surface area contributed by atoms with Gasteiger partial charge in [0.15, 0.2) is 6.61 Å². The standard InChI is InChI=1S/C20H28N2O3/c21-17-5-3-11-22-18(17)12-24-15-9-7-14(8-10-15)16-4-1-2-6-19(16)25-13-20(22)23/h1-2,4,6,14-15,17-18H,3,5,7-13,21H2/t14?,15?,17-,18-/m0/s1. The Morgan fingerprint density at radius 3 is 2.72 bits per heavy atom. The van der Waals surface area contributed by atoms with Gasteiger partial charge >= 0.3 is 0 Å². The largest absolute Gasteiger partial charge is 0.483 e. The average Bonchev–Trinajstić information content (AvgIpc) is 2.66. The Balaban J connectivity index is 1.61. The molecular weight excluding hydrogens is 316 g/mol. The SMILES string of the molecule is N[C@H]1CCCN2C(=O)COc3ccccc3C3CCC(CC3)OC[C@@H]12. The van der Waals surface area contributed by atoms with Crippen molar-refractivity contribution in [2.75, 3.05) is 19.8 Å². The second-order valence-electron chi connectivity index (χ2n) is 7.59. The smallest absolute Gasteiger partial charge is 0.260 e. The molecule has 2 fully saturated rings. The zero-order chi connectivity index (χ0) is 17.2. The predicted molar refractivity (Wildman–Crippen MR) is 95.6 cm³/mol. The summed E-state index contributed by atoms with van der Waals surface area (Å²) in [6.45, 7) is 1.38. The van der Waals surface area contributed by atoms with Gasteiger partial charge in [-0.05, 0) is 56.1 Å². The minimum absolute atomic E-state index is 0.00791. The topological polar surface area (TPSA) is 64.8 Å². The fourth-order valence-electron chi connectivity index (χ4n) is 4.56. The van der Waals surface area contributed by atoms with E-state index in [2.05, 4.69) is 12.1 Å². The molecule has 1 saturated carbocycles. The molecule has 2 N–H and O–H groups in total. The van der Waals surface area contributed by atoms with E-state index in [4.69, 9.17) is 15.2 Å². The first kappa shape index (κ1) is 16.9. The molecule has 4 aliphatic rings. The number of carbonyl (C=O) groups excluding carboxylic acids is 1. The fraction of sp³-hybridized carbons (Fsp3) is 0.650. The van der Waals surface area contributed by atoms with Gasteiger partial charge in [-0.3, -0.25) is 4.79 Å². The maximum Gasteiger partial charge on any atom is 0.260 e. The first-order chi connectivity index (χ1) is 12.2. The number of ether oxygens (including phenoxy) is 2.